The van der Waals surface area contributed by atoms with Crippen LogP contribution in [0.25, 0.3) is 22.3 Å². The SMILES string of the molecule is C[C@@H]1O[C@H](OC[C@H]2O[C@@H](Oc3c(-c4ccc(O)c(O)c4)oc4cc(O)cc(O)c4c3=O)[C@@H](O)[C@H](O)[C@H]2O)[C@@H](O)[C@@H](O)[C@@H]1O. The van der Waals surface area contributed by atoms with Crippen LogP contribution in [0.4, 0.5) is 0 Å². The minimum Gasteiger partial charge on any atom is -0.508 e. The van der Waals surface area contributed by atoms with Crippen LogP contribution in [0.15, 0.2) is 39.5 Å². The molecule has 234 valence electrons. The lowest BCUT2D eigenvalue weighted by molar-refractivity contribution is -0.318. The molecule has 10 atom stereocenters. The Hall–Kier alpha value is -3.71. The molecule has 2 fully saturated rings. The zero-order valence-corrected chi connectivity index (χ0v) is 22.3. The summed E-state index contributed by atoms with van der Waals surface area (Å²) in [7, 11) is 0. The highest BCUT2D eigenvalue weighted by molar-refractivity contribution is 5.88. The largest absolute Gasteiger partial charge is 0.508 e. The maximum atomic E-state index is 13.6. The van der Waals surface area contributed by atoms with Crippen molar-refractivity contribution in [2.24, 2.45) is 0 Å². The van der Waals surface area contributed by atoms with Crippen molar-refractivity contribution < 1.29 is 74.4 Å². The fourth-order valence-corrected chi connectivity index (χ4v) is 4.84. The summed E-state index contributed by atoms with van der Waals surface area (Å²) in [6.45, 7) is 0.818. The van der Waals surface area contributed by atoms with Crippen molar-refractivity contribution >= 4 is 11.0 Å². The Bertz CT molecular complexity index is 1540. The minimum atomic E-state index is -1.97. The quantitative estimate of drug-likeness (QED) is 0.140. The summed E-state index contributed by atoms with van der Waals surface area (Å²) in [6, 6.07) is 5.24. The van der Waals surface area contributed by atoms with E-state index in [2.05, 4.69) is 0 Å². The smallest absolute Gasteiger partial charge is 0.239 e. The number of benzene rings is 2. The van der Waals surface area contributed by atoms with Crippen LogP contribution in [0.5, 0.6) is 28.7 Å². The average molecular weight is 611 g/mol. The van der Waals surface area contributed by atoms with E-state index in [1.807, 2.05) is 0 Å². The van der Waals surface area contributed by atoms with Crippen LogP contribution < -0.4 is 10.2 Å². The number of aromatic hydroxyl groups is 4. The molecule has 2 aliphatic heterocycles. The number of ether oxygens (including phenoxy) is 4. The molecule has 0 bridgehead atoms. The van der Waals surface area contributed by atoms with Crippen LogP contribution in [0.1, 0.15) is 6.92 Å². The maximum Gasteiger partial charge on any atom is 0.239 e. The van der Waals surface area contributed by atoms with E-state index in [1.54, 1.807) is 0 Å². The topological polar surface area (TPSA) is 269 Å². The first kappa shape index (κ1) is 30.7. The molecule has 5 rings (SSSR count). The van der Waals surface area contributed by atoms with E-state index in [9.17, 15) is 55.9 Å². The van der Waals surface area contributed by atoms with Gasteiger partial charge < -0.3 is 74.4 Å². The molecule has 0 amide bonds. The molecule has 16 heteroatoms. The van der Waals surface area contributed by atoms with Gasteiger partial charge in [0.05, 0.1) is 12.7 Å². The fourth-order valence-electron chi connectivity index (χ4n) is 4.84. The molecule has 2 saturated heterocycles. The molecular weight excluding hydrogens is 580 g/mol. The van der Waals surface area contributed by atoms with Crippen LogP contribution in [-0.4, -0.2) is 119 Å². The van der Waals surface area contributed by atoms with E-state index < -0.39 is 113 Å². The number of phenolic OH excluding ortho intramolecular Hbond substituents is 4. The van der Waals surface area contributed by atoms with Crippen LogP contribution in [0.2, 0.25) is 0 Å². The Balaban J connectivity index is 1.48. The molecule has 0 unspecified atom stereocenters. The molecule has 3 aromatic rings. The Morgan fingerprint density at radius 1 is 0.744 bits per heavy atom. The standard InChI is InChI=1S/C27H30O16/c1-8-17(32)20(35)22(37)26(40-8)39-7-15-18(33)21(36)23(38)27(42-15)43-25-19(34)16-13(31)5-10(28)6-14(16)41-24(25)9-2-3-11(29)12(30)4-9/h2-6,8,15,17-18,20-23,26-33,35-38H,7H2,1H3/t8-,15+,17+,18-,20-,21+,22-,23-,26-,27-/m0/s1. The molecule has 0 spiro atoms. The highest BCUT2D eigenvalue weighted by Crippen LogP contribution is 2.39. The number of phenols is 4. The molecule has 0 radical (unpaired) electrons. The van der Waals surface area contributed by atoms with E-state index in [0.717, 1.165) is 24.3 Å². The molecule has 16 nitrogen and oxygen atoms in total. The zero-order chi connectivity index (χ0) is 31.3. The van der Waals surface area contributed by atoms with Gasteiger partial charge in [0.15, 0.2) is 23.5 Å². The van der Waals surface area contributed by atoms with E-state index in [4.69, 9.17) is 23.4 Å². The van der Waals surface area contributed by atoms with Crippen molar-refractivity contribution in [3.05, 3.63) is 40.6 Å². The number of fused-ring (bicyclic) bond motifs is 1. The number of aliphatic hydroxyl groups is 6. The van der Waals surface area contributed by atoms with Crippen LogP contribution in [-0.2, 0) is 14.2 Å². The maximum absolute atomic E-state index is 13.6. The highest BCUT2D eigenvalue weighted by atomic mass is 16.7. The monoisotopic (exact) mass is 610 g/mol. The number of hydrogen-bond donors (Lipinski definition) is 10. The van der Waals surface area contributed by atoms with Crippen LogP contribution in [0.3, 0.4) is 0 Å². The first-order valence-electron chi connectivity index (χ1n) is 13.0. The van der Waals surface area contributed by atoms with Gasteiger partial charge >= 0.3 is 0 Å². The summed E-state index contributed by atoms with van der Waals surface area (Å²) < 4.78 is 27.8. The van der Waals surface area contributed by atoms with Gasteiger partial charge in [0.2, 0.25) is 17.5 Å². The van der Waals surface area contributed by atoms with Crippen molar-refractivity contribution in [1.82, 2.24) is 0 Å². The second-order valence-corrected chi connectivity index (χ2v) is 10.3. The van der Waals surface area contributed by atoms with Gasteiger partial charge in [-0.15, -0.1) is 0 Å². The minimum absolute atomic E-state index is 0.0313. The molecular formula is C27H30O16. The number of hydrogen-bond acceptors (Lipinski definition) is 16. The molecule has 2 aromatic carbocycles. The van der Waals surface area contributed by atoms with Gasteiger partial charge in [0, 0.05) is 17.7 Å². The summed E-state index contributed by atoms with van der Waals surface area (Å²) in [6.07, 6.45) is -16.2. The van der Waals surface area contributed by atoms with Gasteiger partial charge in [0.1, 0.15) is 65.2 Å². The van der Waals surface area contributed by atoms with Gasteiger partial charge in [0.25, 0.3) is 0 Å². The average Bonchev–Trinajstić information content (AvgIpc) is 2.96. The van der Waals surface area contributed by atoms with Crippen LogP contribution >= 0.6 is 0 Å². The summed E-state index contributed by atoms with van der Waals surface area (Å²) in [4.78, 5) is 13.6. The first-order chi connectivity index (χ1) is 20.3. The predicted octanol–water partition coefficient (Wildman–Crippen LogP) is -1.69. The second-order valence-electron chi connectivity index (χ2n) is 10.3. The molecule has 43 heavy (non-hydrogen) atoms. The molecule has 10 N–H and O–H groups in total. The first-order valence-corrected chi connectivity index (χ1v) is 13.0. The van der Waals surface area contributed by atoms with Crippen molar-refractivity contribution in [1.29, 1.82) is 0 Å². The Morgan fingerprint density at radius 2 is 1.42 bits per heavy atom. The summed E-state index contributed by atoms with van der Waals surface area (Å²) in [5.41, 5.74) is -1.35. The second kappa shape index (κ2) is 11.8. The van der Waals surface area contributed by atoms with Crippen molar-refractivity contribution in [3.63, 3.8) is 0 Å². The Kier molecular flexibility index (Phi) is 8.41. The van der Waals surface area contributed by atoms with E-state index >= 15 is 0 Å². The third-order valence-corrected chi connectivity index (χ3v) is 7.29. The lowest BCUT2D eigenvalue weighted by Gasteiger charge is -2.42. The lowest BCUT2D eigenvalue weighted by atomic mass is 9.98. The van der Waals surface area contributed by atoms with Crippen molar-refractivity contribution in [3.8, 4) is 40.1 Å². The molecule has 1 aromatic heterocycles. The summed E-state index contributed by atoms with van der Waals surface area (Å²) in [5, 5.41) is 101. The third-order valence-electron chi connectivity index (χ3n) is 7.29. The highest BCUT2D eigenvalue weighted by Gasteiger charge is 2.47. The normalized spacial score (nSPS) is 33.0. The van der Waals surface area contributed by atoms with Crippen molar-refractivity contribution in [2.75, 3.05) is 6.61 Å². The fraction of sp³-hybridized carbons (Fsp3) is 0.444. The Morgan fingerprint density at radius 3 is 2.12 bits per heavy atom. The van der Waals surface area contributed by atoms with Crippen molar-refractivity contribution in [2.45, 2.75) is 68.3 Å². The van der Waals surface area contributed by atoms with E-state index in [0.29, 0.717) is 0 Å². The van der Waals surface area contributed by atoms with Gasteiger partial charge in [-0.1, -0.05) is 0 Å². The van der Waals surface area contributed by atoms with E-state index in [-0.39, 0.29) is 11.1 Å². The molecule has 3 heterocycles. The summed E-state index contributed by atoms with van der Waals surface area (Å²) in [5.74, 6) is -3.33. The third kappa shape index (κ3) is 5.67. The molecule has 0 aliphatic carbocycles. The summed E-state index contributed by atoms with van der Waals surface area (Å²) >= 11 is 0. The number of aliphatic hydroxyl groups excluding tert-OH is 6. The number of rotatable bonds is 6. The van der Waals surface area contributed by atoms with Gasteiger partial charge in [-0.05, 0) is 25.1 Å². The van der Waals surface area contributed by atoms with Gasteiger partial charge in [-0.2, -0.15) is 0 Å². The Labute approximate surface area is 241 Å². The molecule has 2 aliphatic rings. The zero-order valence-electron chi connectivity index (χ0n) is 22.3. The molecule has 0 saturated carbocycles. The van der Waals surface area contributed by atoms with Gasteiger partial charge in [-0.25, -0.2) is 0 Å². The van der Waals surface area contributed by atoms with Crippen LogP contribution in [0, 0.1) is 0 Å². The van der Waals surface area contributed by atoms with E-state index in [1.165, 1.54) is 13.0 Å². The lowest BCUT2D eigenvalue weighted by Crippen LogP contribution is -2.61. The predicted molar refractivity (Wildman–Crippen MR) is 140 cm³/mol. The van der Waals surface area contributed by atoms with Gasteiger partial charge in [-0.3, -0.25) is 4.79 Å².